The molecule has 2 heterocycles. The summed E-state index contributed by atoms with van der Waals surface area (Å²) in [6.07, 6.45) is 0.895. The number of nitrogen functional groups attached to an aromatic ring is 1. The largest absolute Gasteiger partial charge is 0.368 e. The van der Waals surface area contributed by atoms with Crippen LogP contribution in [0.2, 0.25) is 0 Å². The number of fused-ring (bicyclic) bond motifs is 1. The molecule has 114 valence electrons. The number of imidazole rings is 1. The zero-order chi connectivity index (χ0) is 15.7. The van der Waals surface area contributed by atoms with E-state index >= 15 is 0 Å². The van der Waals surface area contributed by atoms with Gasteiger partial charge in [-0.05, 0) is 27.9 Å². The van der Waals surface area contributed by atoms with E-state index in [1.54, 1.807) is 0 Å². The molecule has 0 atom stereocenters. The van der Waals surface area contributed by atoms with Gasteiger partial charge in [0.05, 0.1) is 0 Å². The third kappa shape index (κ3) is 2.76. The van der Waals surface area contributed by atoms with Gasteiger partial charge in [0.25, 0.3) is 0 Å². The molecule has 0 unspecified atom stereocenters. The Bertz CT molecular complexity index is 797. The molecule has 0 radical (unpaired) electrons. The van der Waals surface area contributed by atoms with Crippen molar-refractivity contribution in [1.29, 1.82) is 0 Å². The summed E-state index contributed by atoms with van der Waals surface area (Å²) in [5.41, 5.74) is 8.61. The lowest BCUT2D eigenvalue weighted by Gasteiger charge is -2.12. The van der Waals surface area contributed by atoms with E-state index in [4.69, 9.17) is 5.73 Å². The molecule has 1 aromatic carbocycles. The Morgan fingerprint density at radius 3 is 2.55 bits per heavy atom. The summed E-state index contributed by atoms with van der Waals surface area (Å²) in [5.74, 6) is 0.978. The van der Waals surface area contributed by atoms with Crippen molar-refractivity contribution in [3.63, 3.8) is 0 Å². The van der Waals surface area contributed by atoms with Gasteiger partial charge in [0.2, 0.25) is 5.95 Å². The number of hydrogen-bond donors (Lipinski definition) is 1. The van der Waals surface area contributed by atoms with E-state index in [1.165, 1.54) is 5.56 Å². The molecular formula is C15H17BrN6. The Labute approximate surface area is 137 Å². The van der Waals surface area contributed by atoms with E-state index < -0.39 is 0 Å². The second-order valence-electron chi connectivity index (χ2n) is 5.24. The average Bonchev–Trinajstić information content (AvgIpc) is 2.80. The lowest BCUT2D eigenvalue weighted by molar-refractivity contribution is 0.694. The highest BCUT2D eigenvalue weighted by atomic mass is 79.9. The molecule has 0 amide bonds. The highest BCUT2D eigenvalue weighted by molar-refractivity contribution is 9.10. The zero-order valence-corrected chi connectivity index (χ0v) is 14.1. The van der Waals surface area contributed by atoms with Gasteiger partial charge >= 0.3 is 0 Å². The minimum absolute atomic E-state index is 0.254. The van der Waals surface area contributed by atoms with Crippen LogP contribution in [-0.4, -0.2) is 33.6 Å². The predicted molar refractivity (Wildman–Crippen MR) is 91.9 cm³/mol. The normalized spacial score (nSPS) is 11.0. The van der Waals surface area contributed by atoms with Crippen LogP contribution in [0, 0.1) is 0 Å². The van der Waals surface area contributed by atoms with Gasteiger partial charge in [0, 0.05) is 20.6 Å². The summed E-state index contributed by atoms with van der Waals surface area (Å²) in [4.78, 5) is 15.1. The molecule has 0 aliphatic heterocycles. The van der Waals surface area contributed by atoms with E-state index in [-0.39, 0.29) is 5.95 Å². The van der Waals surface area contributed by atoms with Gasteiger partial charge < -0.3 is 15.2 Å². The predicted octanol–water partition coefficient (Wildman–Crippen LogP) is 2.48. The molecule has 3 rings (SSSR count). The lowest BCUT2D eigenvalue weighted by atomic mass is 10.1. The van der Waals surface area contributed by atoms with Crippen molar-refractivity contribution >= 4 is 38.9 Å². The summed E-state index contributed by atoms with van der Waals surface area (Å²) in [7, 11) is 3.83. The van der Waals surface area contributed by atoms with Crippen molar-refractivity contribution in [2.24, 2.45) is 0 Å². The first-order valence-electron chi connectivity index (χ1n) is 6.97. The van der Waals surface area contributed by atoms with Crippen molar-refractivity contribution in [2.45, 2.75) is 13.0 Å². The summed E-state index contributed by atoms with van der Waals surface area (Å²) in [5, 5.41) is 0. The van der Waals surface area contributed by atoms with E-state index in [9.17, 15) is 0 Å². The van der Waals surface area contributed by atoms with Crippen molar-refractivity contribution in [2.75, 3.05) is 24.7 Å². The second kappa shape index (κ2) is 5.92. The monoisotopic (exact) mass is 360 g/mol. The van der Waals surface area contributed by atoms with Crippen LogP contribution < -0.4 is 10.6 Å². The van der Waals surface area contributed by atoms with Crippen LogP contribution in [-0.2, 0) is 13.0 Å². The van der Waals surface area contributed by atoms with Crippen LogP contribution in [0.5, 0.6) is 0 Å². The fourth-order valence-corrected chi connectivity index (χ4v) is 2.89. The second-order valence-corrected chi connectivity index (χ2v) is 5.95. The van der Waals surface area contributed by atoms with Crippen molar-refractivity contribution in [1.82, 2.24) is 19.5 Å². The van der Waals surface area contributed by atoms with E-state index in [0.717, 1.165) is 34.7 Å². The van der Waals surface area contributed by atoms with Crippen LogP contribution in [0.4, 0.5) is 11.8 Å². The maximum absolute atomic E-state index is 5.84. The fourth-order valence-electron chi connectivity index (χ4n) is 2.37. The number of nitrogens with two attached hydrogens (primary N) is 1. The van der Waals surface area contributed by atoms with Gasteiger partial charge in [-0.1, -0.05) is 30.3 Å². The molecule has 7 heteroatoms. The molecule has 0 spiro atoms. The minimum atomic E-state index is 0.254. The number of aryl methyl sites for hydroxylation is 2. The first-order valence-corrected chi connectivity index (χ1v) is 7.76. The topological polar surface area (TPSA) is 72.9 Å². The summed E-state index contributed by atoms with van der Waals surface area (Å²) >= 11 is 3.52. The molecule has 2 aromatic heterocycles. The molecule has 3 aromatic rings. The Balaban J connectivity index is 2.01. The lowest BCUT2D eigenvalue weighted by Crippen LogP contribution is -2.13. The number of anilines is 2. The van der Waals surface area contributed by atoms with Gasteiger partial charge in [0.15, 0.2) is 21.7 Å². The van der Waals surface area contributed by atoms with Crippen LogP contribution in [0.1, 0.15) is 5.56 Å². The molecule has 0 saturated heterocycles. The highest BCUT2D eigenvalue weighted by Crippen LogP contribution is 2.26. The first-order chi connectivity index (χ1) is 10.6. The number of rotatable bonds is 4. The molecule has 0 fully saturated rings. The van der Waals surface area contributed by atoms with Gasteiger partial charge in [-0.3, -0.25) is 0 Å². The molecule has 0 bridgehead atoms. The van der Waals surface area contributed by atoms with Gasteiger partial charge in [-0.15, -0.1) is 0 Å². The zero-order valence-electron chi connectivity index (χ0n) is 12.5. The number of hydrogen-bond acceptors (Lipinski definition) is 5. The number of benzene rings is 1. The smallest absolute Gasteiger partial charge is 0.224 e. The van der Waals surface area contributed by atoms with E-state index in [0.29, 0.717) is 0 Å². The van der Waals surface area contributed by atoms with Crippen molar-refractivity contribution in [3.05, 3.63) is 40.6 Å². The Hall–Kier alpha value is -2.15. The van der Waals surface area contributed by atoms with Gasteiger partial charge in [0.1, 0.15) is 0 Å². The van der Waals surface area contributed by atoms with Gasteiger partial charge in [-0.25, -0.2) is 4.98 Å². The third-order valence-corrected chi connectivity index (χ3v) is 4.04. The van der Waals surface area contributed by atoms with Crippen molar-refractivity contribution < 1.29 is 0 Å². The molecule has 22 heavy (non-hydrogen) atoms. The Kier molecular flexibility index (Phi) is 3.98. The Morgan fingerprint density at radius 1 is 1.14 bits per heavy atom. The minimum Gasteiger partial charge on any atom is -0.368 e. The molecule has 0 saturated carbocycles. The molecule has 0 aliphatic rings. The van der Waals surface area contributed by atoms with Crippen LogP contribution in [0.15, 0.2) is 35.1 Å². The van der Waals surface area contributed by atoms with Crippen LogP contribution in [0.25, 0.3) is 11.2 Å². The summed E-state index contributed by atoms with van der Waals surface area (Å²) in [6, 6.07) is 10.3. The molecular weight excluding hydrogens is 344 g/mol. The maximum Gasteiger partial charge on any atom is 0.224 e. The number of halogens is 1. The maximum atomic E-state index is 5.84. The first kappa shape index (κ1) is 14.8. The standard InChI is InChI=1S/C15H17BrN6/c1-21(2)12-11-13(20-15(17)19-12)22(14(16)18-11)9-8-10-6-4-3-5-7-10/h3-7H,8-9H2,1-2H3,(H2,17,19,20). The van der Waals surface area contributed by atoms with Gasteiger partial charge in [-0.2, -0.15) is 9.97 Å². The van der Waals surface area contributed by atoms with Crippen LogP contribution in [0.3, 0.4) is 0 Å². The van der Waals surface area contributed by atoms with Crippen LogP contribution >= 0.6 is 15.9 Å². The SMILES string of the molecule is CN(C)c1nc(N)nc2c1nc(Br)n2CCc1ccccc1. The highest BCUT2D eigenvalue weighted by Gasteiger charge is 2.17. The average molecular weight is 361 g/mol. The quantitative estimate of drug-likeness (QED) is 0.723. The fraction of sp³-hybridized carbons (Fsp3) is 0.267. The summed E-state index contributed by atoms with van der Waals surface area (Å²) in [6.45, 7) is 0.768. The van der Waals surface area contributed by atoms with Crippen molar-refractivity contribution in [3.8, 4) is 0 Å². The van der Waals surface area contributed by atoms with E-state index in [1.807, 2.05) is 41.8 Å². The molecule has 2 N–H and O–H groups in total. The van der Waals surface area contributed by atoms with E-state index in [2.05, 4.69) is 43.0 Å². The number of aromatic nitrogens is 4. The molecule has 0 aliphatic carbocycles. The Morgan fingerprint density at radius 2 is 1.86 bits per heavy atom. The molecule has 6 nitrogen and oxygen atoms in total. The number of nitrogens with zero attached hydrogens (tertiary/aromatic N) is 5. The summed E-state index contributed by atoms with van der Waals surface area (Å²) < 4.78 is 2.76. The third-order valence-electron chi connectivity index (χ3n) is 3.44.